The molecule has 2 N–H and O–H groups in total. The van der Waals surface area contributed by atoms with Gasteiger partial charge < -0.3 is 5.32 Å². The summed E-state index contributed by atoms with van der Waals surface area (Å²) in [5.74, 6) is 0.695. The van der Waals surface area contributed by atoms with Crippen LogP contribution in [-0.4, -0.2) is 18.6 Å². The highest BCUT2D eigenvalue weighted by molar-refractivity contribution is 7.92. The number of hydrogen-bond acceptors (Lipinski definition) is 5. The third kappa shape index (κ3) is 4.13. The summed E-state index contributed by atoms with van der Waals surface area (Å²) in [6.07, 6.45) is 0. The summed E-state index contributed by atoms with van der Waals surface area (Å²) in [4.78, 5) is 0.221. The molecule has 1 heterocycles. The van der Waals surface area contributed by atoms with Gasteiger partial charge >= 0.3 is 0 Å². The van der Waals surface area contributed by atoms with Crippen molar-refractivity contribution in [2.75, 3.05) is 10.0 Å². The zero-order valence-corrected chi connectivity index (χ0v) is 14.7. The van der Waals surface area contributed by atoms with Crippen molar-refractivity contribution in [2.45, 2.75) is 18.7 Å². The molecule has 0 bridgehead atoms. The lowest BCUT2D eigenvalue weighted by Crippen LogP contribution is -2.15. The molecule has 0 unspecified atom stereocenters. The van der Waals surface area contributed by atoms with Crippen LogP contribution >= 0.6 is 0 Å². The van der Waals surface area contributed by atoms with Crippen LogP contribution in [0.5, 0.6) is 0 Å². The second-order valence-corrected chi connectivity index (χ2v) is 7.32. The first-order chi connectivity index (χ1) is 11.9. The van der Waals surface area contributed by atoms with Crippen LogP contribution in [0, 0.1) is 13.8 Å². The van der Waals surface area contributed by atoms with Crippen molar-refractivity contribution in [1.29, 1.82) is 0 Å². The number of benzene rings is 2. The third-order valence-electron chi connectivity index (χ3n) is 3.61. The molecule has 0 atom stereocenters. The summed E-state index contributed by atoms with van der Waals surface area (Å²) in [5, 5.41) is 11.0. The van der Waals surface area contributed by atoms with E-state index in [1.54, 1.807) is 43.3 Å². The largest absolute Gasteiger partial charge is 0.339 e. The Morgan fingerprint density at radius 3 is 2.08 bits per heavy atom. The van der Waals surface area contributed by atoms with Gasteiger partial charge in [-0.1, -0.05) is 35.9 Å². The van der Waals surface area contributed by atoms with Crippen LogP contribution in [0.25, 0.3) is 0 Å². The van der Waals surface area contributed by atoms with Gasteiger partial charge in [-0.2, -0.15) is 0 Å². The summed E-state index contributed by atoms with van der Waals surface area (Å²) >= 11 is 0. The van der Waals surface area contributed by atoms with Crippen LogP contribution < -0.4 is 10.0 Å². The van der Waals surface area contributed by atoms with Gasteiger partial charge in [-0.3, -0.25) is 4.72 Å². The highest BCUT2D eigenvalue weighted by atomic mass is 32.2. The fraction of sp³-hybridized carbons (Fsp3) is 0.111. The van der Waals surface area contributed by atoms with E-state index in [9.17, 15) is 8.42 Å². The smallest absolute Gasteiger partial charge is 0.263 e. The van der Waals surface area contributed by atoms with Gasteiger partial charge in [0.1, 0.15) is 0 Å². The minimum absolute atomic E-state index is 0.165. The summed E-state index contributed by atoms with van der Waals surface area (Å²) < 4.78 is 27.3. The van der Waals surface area contributed by atoms with Gasteiger partial charge in [0.2, 0.25) is 0 Å². The van der Waals surface area contributed by atoms with E-state index in [0.29, 0.717) is 11.4 Å². The molecule has 128 valence electrons. The van der Waals surface area contributed by atoms with Gasteiger partial charge in [0.05, 0.1) is 4.90 Å². The van der Waals surface area contributed by atoms with Gasteiger partial charge in [-0.15, -0.1) is 10.2 Å². The Labute approximate surface area is 147 Å². The van der Waals surface area contributed by atoms with Crippen molar-refractivity contribution in [2.24, 2.45) is 0 Å². The van der Waals surface area contributed by atoms with E-state index in [-0.39, 0.29) is 10.7 Å². The molecule has 3 rings (SSSR count). The number of anilines is 3. The minimum Gasteiger partial charge on any atom is -0.339 e. The standard InChI is InChI=1S/C18H18N4O2S/c1-13-7-9-15(10-8-13)19-17-11-12-18(21-20-17)22-25(23,24)16-6-4-3-5-14(16)2/h3-12H,1-2H3,(H,19,20)(H,21,22). The summed E-state index contributed by atoms with van der Waals surface area (Å²) in [6, 6.07) is 17.9. The van der Waals surface area contributed by atoms with Crippen LogP contribution in [0.1, 0.15) is 11.1 Å². The average molecular weight is 354 g/mol. The fourth-order valence-corrected chi connectivity index (χ4v) is 3.53. The van der Waals surface area contributed by atoms with Gasteiger partial charge in [0.15, 0.2) is 11.6 Å². The molecule has 25 heavy (non-hydrogen) atoms. The Morgan fingerprint density at radius 1 is 0.800 bits per heavy atom. The Hall–Kier alpha value is -2.93. The maximum absolute atomic E-state index is 12.4. The molecule has 3 aromatic rings. The Balaban J connectivity index is 1.74. The number of nitrogens with zero attached hydrogens (tertiary/aromatic N) is 2. The quantitative estimate of drug-likeness (QED) is 0.731. The van der Waals surface area contributed by atoms with Gasteiger partial charge in [-0.05, 0) is 49.7 Å². The molecule has 0 amide bonds. The van der Waals surface area contributed by atoms with E-state index in [1.165, 1.54) is 0 Å². The first kappa shape index (κ1) is 16.9. The first-order valence-electron chi connectivity index (χ1n) is 7.70. The number of aryl methyl sites for hydroxylation is 2. The molecule has 0 saturated carbocycles. The molecule has 6 nitrogen and oxygen atoms in total. The van der Waals surface area contributed by atoms with Crippen molar-refractivity contribution in [1.82, 2.24) is 10.2 Å². The van der Waals surface area contributed by atoms with Crippen molar-refractivity contribution >= 4 is 27.3 Å². The molecule has 0 saturated heterocycles. The lowest BCUT2D eigenvalue weighted by molar-refractivity contribution is 0.600. The highest BCUT2D eigenvalue weighted by Gasteiger charge is 2.17. The van der Waals surface area contributed by atoms with E-state index in [2.05, 4.69) is 20.2 Å². The fourth-order valence-electron chi connectivity index (χ4n) is 2.29. The molecular formula is C18H18N4O2S. The molecule has 2 aromatic carbocycles. The lowest BCUT2D eigenvalue weighted by Gasteiger charge is -2.10. The Bertz CT molecular complexity index is 969. The second-order valence-electron chi connectivity index (χ2n) is 5.67. The zero-order chi connectivity index (χ0) is 17.9. The topological polar surface area (TPSA) is 84.0 Å². The predicted molar refractivity (Wildman–Crippen MR) is 98.5 cm³/mol. The minimum atomic E-state index is -3.69. The molecular weight excluding hydrogens is 336 g/mol. The average Bonchev–Trinajstić information content (AvgIpc) is 2.59. The highest BCUT2D eigenvalue weighted by Crippen LogP contribution is 2.19. The normalized spacial score (nSPS) is 11.1. The van der Waals surface area contributed by atoms with Crippen LogP contribution in [0.3, 0.4) is 0 Å². The first-order valence-corrected chi connectivity index (χ1v) is 9.18. The van der Waals surface area contributed by atoms with E-state index >= 15 is 0 Å². The predicted octanol–water partition coefficient (Wildman–Crippen LogP) is 3.64. The van der Waals surface area contributed by atoms with Crippen LogP contribution in [0.2, 0.25) is 0 Å². The van der Waals surface area contributed by atoms with Crippen molar-refractivity contribution in [3.8, 4) is 0 Å². The van der Waals surface area contributed by atoms with Crippen LogP contribution in [0.15, 0.2) is 65.6 Å². The SMILES string of the molecule is Cc1ccc(Nc2ccc(NS(=O)(=O)c3ccccc3C)nn2)cc1. The number of aromatic nitrogens is 2. The second kappa shape index (κ2) is 6.90. The number of sulfonamides is 1. The van der Waals surface area contributed by atoms with Crippen LogP contribution in [-0.2, 0) is 10.0 Å². The number of rotatable bonds is 5. The van der Waals surface area contributed by atoms with Crippen molar-refractivity contribution in [3.63, 3.8) is 0 Å². The van der Waals surface area contributed by atoms with Crippen LogP contribution in [0.4, 0.5) is 17.3 Å². The number of hydrogen-bond donors (Lipinski definition) is 2. The lowest BCUT2D eigenvalue weighted by atomic mass is 10.2. The van der Waals surface area contributed by atoms with E-state index in [0.717, 1.165) is 11.3 Å². The summed E-state index contributed by atoms with van der Waals surface area (Å²) in [6.45, 7) is 3.76. The molecule has 7 heteroatoms. The molecule has 1 aromatic heterocycles. The molecule has 0 aliphatic rings. The monoisotopic (exact) mass is 354 g/mol. The van der Waals surface area contributed by atoms with Gasteiger partial charge in [0, 0.05) is 5.69 Å². The zero-order valence-electron chi connectivity index (χ0n) is 13.9. The molecule has 0 aliphatic carbocycles. The van der Waals surface area contributed by atoms with Crippen molar-refractivity contribution in [3.05, 3.63) is 71.8 Å². The third-order valence-corrected chi connectivity index (χ3v) is 5.13. The van der Waals surface area contributed by atoms with E-state index in [1.807, 2.05) is 31.2 Å². The summed E-state index contributed by atoms with van der Waals surface area (Å²) in [5.41, 5.74) is 2.71. The Kier molecular flexibility index (Phi) is 4.67. The Morgan fingerprint density at radius 2 is 1.44 bits per heavy atom. The molecule has 0 radical (unpaired) electrons. The van der Waals surface area contributed by atoms with Gasteiger partial charge in [0.25, 0.3) is 10.0 Å². The molecule has 0 aliphatic heterocycles. The van der Waals surface area contributed by atoms with Crippen molar-refractivity contribution < 1.29 is 8.42 Å². The summed E-state index contributed by atoms with van der Waals surface area (Å²) in [7, 11) is -3.69. The van der Waals surface area contributed by atoms with Gasteiger partial charge in [-0.25, -0.2) is 8.42 Å². The van der Waals surface area contributed by atoms with E-state index in [4.69, 9.17) is 0 Å². The van der Waals surface area contributed by atoms with E-state index < -0.39 is 10.0 Å². The molecule has 0 spiro atoms. The molecule has 0 fully saturated rings. The maximum Gasteiger partial charge on any atom is 0.263 e. The number of nitrogens with one attached hydrogen (secondary N) is 2. The maximum atomic E-state index is 12.4.